The van der Waals surface area contributed by atoms with E-state index in [1.165, 1.54) is 6.08 Å². The second-order valence-electron chi connectivity index (χ2n) is 3.56. The van der Waals surface area contributed by atoms with Crippen molar-refractivity contribution in [2.45, 2.75) is 0 Å². The first kappa shape index (κ1) is 16.1. The van der Waals surface area contributed by atoms with Gasteiger partial charge in [0.05, 0.1) is 6.54 Å². The minimum atomic E-state index is -0.683. The van der Waals surface area contributed by atoms with Gasteiger partial charge in [-0.1, -0.05) is 35.2 Å². The van der Waals surface area contributed by atoms with Gasteiger partial charge in [0, 0.05) is 21.7 Å². The summed E-state index contributed by atoms with van der Waals surface area (Å²) in [6.45, 7) is -0.317. The van der Waals surface area contributed by atoms with Gasteiger partial charge in [-0.25, -0.2) is 4.79 Å². The predicted molar refractivity (Wildman–Crippen MR) is 78.3 cm³/mol. The van der Waals surface area contributed by atoms with Crippen molar-refractivity contribution in [2.75, 3.05) is 13.2 Å². The first-order valence-corrected chi connectivity index (χ1v) is 6.29. The number of carbonyl (C=O) groups excluding carboxylic acids is 2. The second kappa shape index (κ2) is 8.26. The van der Waals surface area contributed by atoms with Gasteiger partial charge in [0.15, 0.2) is 6.61 Å². The molecule has 0 saturated carbocycles. The number of esters is 1. The summed E-state index contributed by atoms with van der Waals surface area (Å²) in [5.41, 5.74) is 0.504. The molecule has 1 N–H and O–H groups in total. The fourth-order valence-corrected chi connectivity index (χ4v) is 1.73. The van der Waals surface area contributed by atoms with Crippen molar-refractivity contribution in [3.63, 3.8) is 0 Å². The Morgan fingerprint density at radius 1 is 1.35 bits per heavy atom. The Kier molecular flexibility index (Phi) is 6.65. The van der Waals surface area contributed by atoms with Gasteiger partial charge in [-0.05, 0) is 18.2 Å². The van der Waals surface area contributed by atoms with Crippen LogP contribution in [-0.4, -0.2) is 25.0 Å². The summed E-state index contributed by atoms with van der Waals surface area (Å²) in [6, 6.07) is 4.98. The average Bonchev–Trinajstić information content (AvgIpc) is 2.42. The van der Waals surface area contributed by atoms with E-state index in [2.05, 4.69) is 11.2 Å². The monoisotopic (exact) mass is 311 g/mol. The predicted octanol–water partition coefficient (Wildman–Crippen LogP) is 2.30. The van der Waals surface area contributed by atoms with E-state index in [0.29, 0.717) is 15.6 Å². The van der Waals surface area contributed by atoms with E-state index in [4.69, 9.17) is 34.4 Å². The minimum Gasteiger partial charge on any atom is -0.452 e. The molecule has 0 aliphatic carbocycles. The summed E-state index contributed by atoms with van der Waals surface area (Å²) < 4.78 is 4.71. The van der Waals surface area contributed by atoms with Gasteiger partial charge < -0.3 is 10.1 Å². The van der Waals surface area contributed by atoms with Crippen molar-refractivity contribution < 1.29 is 14.3 Å². The van der Waals surface area contributed by atoms with Gasteiger partial charge in [0.2, 0.25) is 0 Å². The lowest BCUT2D eigenvalue weighted by molar-refractivity contribution is -0.143. The molecule has 0 bridgehead atoms. The van der Waals surface area contributed by atoms with E-state index in [1.54, 1.807) is 18.2 Å². The van der Waals surface area contributed by atoms with Crippen molar-refractivity contribution in [2.24, 2.45) is 0 Å². The SMILES string of the molecule is C#CCNC(=O)COC(=O)/C=C/c1c(Cl)cccc1Cl. The normalized spacial score (nSPS) is 10.1. The number of hydrogen-bond donors (Lipinski definition) is 1. The van der Waals surface area contributed by atoms with Crippen LogP contribution in [0.3, 0.4) is 0 Å². The molecule has 0 saturated heterocycles. The number of amides is 1. The molecule has 1 aromatic rings. The molecule has 4 nitrogen and oxygen atoms in total. The van der Waals surface area contributed by atoms with E-state index in [1.807, 2.05) is 0 Å². The molecule has 0 aliphatic heterocycles. The fourth-order valence-electron chi connectivity index (χ4n) is 1.21. The molecule has 104 valence electrons. The molecule has 20 heavy (non-hydrogen) atoms. The van der Waals surface area contributed by atoms with Crippen molar-refractivity contribution in [3.05, 3.63) is 39.9 Å². The third kappa shape index (κ3) is 5.35. The van der Waals surface area contributed by atoms with Gasteiger partial charge in [0.25, 0.3) is 5.91 Å². The largest absolute Gasteiger partial charge is 0.452 e. The topological polar surface area (TPSA) is 55.4 Å². The number of carbonyl (C=O) groups is 2. The van der Waals surface area contributed by atoms with E-state index in [0.717, 1.165) is 6.08 Å². The number of nitrogens with one attached hydrogen (secondary N) is 1. The molecule has 0 aliphatic rings. The van der Waals surface area contributed by atoms with Crippen LogP contribution in [0.2, 0.25) is 10.0 Å². The Morgan fingerprint density at radius 2 is 2.00 bits per heavy atom. The highest BCUT2D eigenvalue weighted by atomic mass is 35.5. The highest BCUT2D eigenvalue weighted by Crippen LogP contribution is 2.25. The van der Waals surface area contributed by atoms with E-state index < -0.39 is 18.5 Å². The van der Waals surface area contributed by atoms with Crippen LogP contribution in [0.15, 0.2) is 24.3 Å². The van der Waals surface area contributed by atoms with Crippen LogP contribution in [0.5, 0.6) is 0 Å². The summed E-state index contributed by atoms with van der Waals surface area (Å²) in [7, 11) is 0. The van der Waals surface area contributed by atoms with Gasteiger partial charge in [-0.15, -0.1) is 6.42 Å². The Hall–Kier alpha value is -1.96. The molecule has 0 heterocycles. The van der Waals surface area contributed by atoms with Crippen LogP contribution in [0.25, 0.3) is 6.08 Å². The van der Waals surface area contributed by atoms with Crippen LogP contribution < -0.4 is 5.32 Å². The molecule has 0 atom stereocenters. The van der Waals surface area contributed by atoms with Gasteiger partial charge >= 0.3 is 5.97 Å². The Morgan fingerprint density at radius 3 is 2.60 bits per heavy atom. The lowest BCUT2D eigenvalue weighted by Crippen LogP contribution is -2.28. The molecular formula is C14H11Cl2NO3. The van der Waals surface area contributed by atoms with Gasteiger partial charge in [-0.3, -0.25) is 4.79 Å². The fraction of sp³-hybridized carbons (Fsp3) is 0.143. The number of benzene rings is 1. The maximum Gasteiger partial charge on any atom is 0.331 e. The highest BCUT2D eigenvalue weighted by molar-refractivity contribution is 6.37. The van der Waals surface area contributed by atoms with Crippen LogP contribution in [0.1, 0.15) is 5.56 Å². The number of rotatable bonds is 5. The minimum absolute atomic E-state index is 0.0848. The molecule has 0 spiro atoms. The Labute approximate surface area is 126 Å². The quantitative estimate of drug-likeness (QED) is 0.516. The number of terminal acetylenes is 1. The third-order valence-corrected chi connectivity index (χ3v) is 2.78. The van der Waals surface area contributed by atoms with Crippen LogP contribution in [0, 0.1) is 12.3 Å². The summed E-state index contributed by atoms with van der Waals surface area (Å²) in [4.78, 5) is 22.5. The van der Waals surface area contributed by atoms with Crippen molar-refractivity contribution >= 4 is 41.2 Å². The zero-order valence-corrected chi connectivity index (χ0v) is 11.9. The third-order valence-electron chi connectivity index (χ3n) is 2.12. The van der Waals surface area contributed by atoms with Crippen molar-refractivity contribution in [1.29, 1.82) is 0 Å². The second-order valence-corrected chi connectivity index (χ2v) is 4.37. The molecule has 0 fully saturated rings. The van der Waals surface area contributed by atoms with E-state index >= 15 is 0 Å². The molecule has 1 aromatic carbocycles. The highest BCUT2D eigenvalue weighted by Gasteiger charge is 2.05. The molecule has 1 rings (SSSR count). The number of ether oxygens (including phenoxy) is 1. The lowest BCUT2D eigenvalue weighted by Gasteiger charge is -2.03. The molecule has 1 amide bonds. The molecule has 0 radical (unpaired) electrons. The summed E-state index contributed by atoms with van der Waals surface area (Å²) in [5, 5.41) is 3.18. The molecule has 0 aromatic heterocycles. The zero-order valence-electron chi connectivity index (χ0n) is 10.4. The van der Waals surface area contributed by atoms with E-state index in [9.17, 15) is 9.59 Å². The van der Waals surface area contributed by atoms with E-state index in [-0.39, 0.29) is 6.54 Å². The van der Waals surface area contributed by atoms with Crippen molar-refractivity contribution in [3.8, 4) is 12.3 Å². The van der Waals surface area contributed by atoms with Crippen LogP contribution in [0.4, 0.5) is 0 Å². The van der Waals surface area contributed by atoms with Crippen molar-refractivity contribution in [1.82, 2.24) is 5.32 Å². The van der Waals surface area contributed by atoms with Crippen LogP contribution in [-0.2, 0) is 14.3 Å². The zero-order chi connectivity index (χ0) is 15.0. The van der Waals surface area contributed by atoms with Gasteiger partial charge in [0.1, 0.15) is 0 Å². The lowest BCUT2D eigenvalue weighted by atomic mass is 10.2. The maximum atomic E-state index is 11.4. The summed E-state index contributed by atoms with van der Waals surface area (Å²) in [6.07, 6.45) is 7.53. The molecular weight excluding hydrogens is 301 g/mol. The number of halogens is 2. The Bertz CT molecular complexity index is 556. The summed E-state index contributed by atoms with van der Waals surface area (Å²) >= 11 is 11.9. The van der Waals surface area contributed by atoms with Crippen LogP contribution >= 0.6 is 23.2 Å². The smallest absolute Gasteiger partial charge is 0.331 e. The molecule has 0 unspecified atom stereocenters. The average molecular weight is 312 g/mol. The van der Waals surface area contributed by atoms with Gasteiger partial charge in [-0.2, -0.15) is 0 Å². The standard InChI is InChI=1S/C14H11Cl2NO3/c1-2-8-17-13(18)9-20-14(19)7-6-10-11(15)4-3-5-12(10)16/h1,3-7H,8-9H2,(H,17,18)/b7-6+. The first-order valence-electron chi connectivity index (χ1n) is 5.53. The number of hydrogen-bond acceptors (Lipinski definition) is 3. The summed E-state index contributed by atoms with van der Waals surface area (Å²) in [5.74, 6) is 1.07. The molecule has 6 heteroatoms. The maximum absolute atomic E-state index is 11.4. The first-order chi connectivity index (χ1) is 9.54. The Balaban J connectivity index is 2.52.